The van der Waals surface area contributed by atoms with E-state index < -0.39 is 0 Å². The predicted octanol–water partition coefficient (Wildman–Crippen LogP) is 3.30. The summed E-state index contributed by atoms with van der Waals surface area (Å²) in [5.74, 6) is 2.51. The fourth-order valence-electron chi connectivity index (χ4n) is 3.20. The van der Waals surface area contributed by atoms with Gasteiger partial charge >= 0.3 is 0 Å². The minimum Gasteiger partial charge on any atom is -0.497 e. The monoisotopic (exact) mass is 353 g/mol. The fourth-order valence-corrected chi connectivity index (χ4v) is 3.20. The quantitative estimate of drug-likeness (QED) is 0.866. The van der Waals surface area contributed by atoms with Gasteiger partial charge in [0, 0.05) is 25.8 Å². The molecule has 26 heavy (non-hydrogen) atoms. The van der Waals surface area contributed by atoms with Crippen LogP contribution >= 0.6 is 0 Å². The van der Waals surface area contributed by atoms with E-state index in [0.29, 0.717) is 12.1 Å². The summed E-state index contributed by atoms with van der Waals surface area (Å²) >= 11 is 0. The molecule has 0 aliphatic carbocycles. The third-order valence-corrected chi connectivity index (χ3v) is 4.95. The number of anilines is 1. The molecule has 0 radical (unpaired) electrons. The van der Waals surface area contributed by atoms with Crippen LogP contribution in [0.1, 0.15) is 35.7 Å². The average molecular weight is 353 g/mol. The highest BCUT2D eigenvalue weighted by Gasteiger charge is 2.17. The van der Waals surface area contributed by atoms with Gasteiger partial charge in [-0.05, 0) is 55.0 Å². The van der Waals surface area contributed by atoms with E-state index in [4.69, 9.17) is 4.74 Å². The van der Waals surface area contributed by atoms with Crippen LogP contribution in [0.2, 0.25) is 0 Å². The van der Waals surface area contributed by atoms with Crippen LogP contribution in [0.15, 0.2) is 42.6 Å². The number of carbonyl (C=O) groups is 1. The van der Waals surface area contributed by atoms with Crippen molar-refractivity contribution in [1.82, 2.24) is 10.3 Å². The van der Waals surface area contributed by atoms with E-state index in [1.165, 1.54) is 12.8 Å². The maximum atomic E-state index is 12.3. The minimum atomic E-state index is -0.0841. The minimum absolute atomic E-state index is 0.0841. The van der Waals surface area contributed by atoms with Gasteiger partial charge in [0.1, 0.15) is 11.6 Å². The van der Waals surface area contributed by atoms with Gasteiger partial charge in [-0.15, -0.1) is 0 Å². The Hall–Kier alpha value is -2.56. The van der Waals surface area contributed by atoms with Gasteiger partial charge in [-0.25, -0.2) is 4.98 Å². The second kappa shape index (κ2) is 8.70. The van der Waals surface area contributed by atoms with Gasteiger partial charge in [0.15, 0.2) is 0 Å². The number of hydrogen-bond acceptors (Lipinski definition) is 4. The van der Waals surface area contributed by atoms with Crippen LogP contribution < -0.4 is 15.0 Å². The molecular formula is C21H27N3O2. The van der Waals surface area contributed by atoms with E-state index in [-0.39, 0.29) is 5.91 Å². The predicted molar refractivity (Wildman–Crippen MR) is 104 cm³/mol. The molecule has 0 atom stereocenters. The maximum Gasteiger partial charge on any atom is 0.252 e. The number of methoxy groups -OCH3 is 1. The van der Waals surface area contributed by atoms with Crippen molar-refractivity contribution in [1.29, 1.82) is 0 Å². The van der Waals surface area contributed by atoms with Crippen molar-refractivity contribution in [2.24, 2.45) is 5.92 Å². The zero-order chi connectivity index (χ0) is 18.4. The van der Waals surface area contributed by atoms with Crippen LogP contribution in [0.3, 0.4) is 0 Å². The molecule has 0 saturated carbocycles. The first-order valence-electron chi connectivity index (χ1n) is 9.28. The third-order valence-electron chi connectivity index (χ3n) is 4.95. The number of nitrogens with one attached hydrogen (secondary N) is 1. The molecule has 1 N–H and O–H groups in total. The summed E-state index contributed by atoms with van der Waals surface area (Å²) in [6, 6.07) is 11.7. The van der Waals surface area contributed by atoms with Gasteiger partial charge in [0.05, 0.1) is 12.7 Å². The largest absolute Gasteiger partial charge is 0.497 e. The highest BCUT2D eigenvalue weighted by atomic mass is 16.5. The number of carbonyl (C=O) groups excluding carboxylic acids is 1. The molecule has 138 valence electrons. The van der Waals surface area contributed by atoms with Gasteiger partial charge in [-0.3, -0.25) is 4.79 Å². The molecule has 5 heteroatoms. The van der Waals surface area contributed by atoms with Crippen molar-refractivity contribution in [3.8, 4) is 5.75 Å². The second-order valence-electron chi connectivity index (χ2n) is 6.93. The summed E-state index contributed by atoms with van der Waals surface area (Å²) in [4.78, 5) is 19.1. The van der Waals surface area contributed by atoms with Crippen molar-refractivity contribution in [2.45, 2.75) is 26.2 Å². The van der Waals surface area contributed by atoms with Gasteiger partial charge in [0.2, 0.25) is 0 Å². The number of nitrogens with zero attached hydrogens (tertiary/aromatic N) is 2. The molecule has 3 rings (SSSR count). The zero-order valence-electron chi connectivity index (χ0n) is 15.6. The third kappa shape index (κ3) is 4.75. The highest BCUT2D eigenvalue weighted by Crippen LogP contribution is 2.21. The number of benzene rings is 1. The average Bonchev–Trinajstić information content (AvgIpc) is 2.69. The molecule has 0 spiro atoms. The number of aromatic nitrogens is 1. The Kier molecular flexibility index (Phi) is 6.10. The molecule has 1 saturated heterocycles. The zero-order valence-corrected chi connectivity index (χ0v) is 15.6. The molecule has 1 amide bonds. The summed E-state index contributed by atoms with van der Waals surface area (Å²) in [5.41, 5.74) is 1.74. The summed E-state index contributed by atoms with van der Waals surface area (Å²) in [6.45, 7) is 4.96. The number of pyridine rings is 1. The molecular weight excluding hydrogens is 326 g/mol. The first-order chi connectivity index (χ1) is 12.7. The van der Waals surface area contributed by atoms with E-state index in [0.717, 1.165) is 42.6 Å². The first-order valence-corrected chi connectivity index (χ1v) is 9.28. The topological polar surface area (TPSA) is 54.5 Å². The second-order valence-corrected chi connectivity index (χ2v) is 6.93. The van der Waals surface area contributed by atoms with Crippen LogP contribution in [0, 0.1) is 5.92 Å². The number of ether oxygens (including phenoxy) is 1. The van der Waals surface area contributed by atoms with Crippen LogP contribution in [-0.2, 0) is 6.42 Å². The molecule has 5 nitrogen and oxygen atoms in total. The Morgan fingerprint density at radius 1 is 1.27 bits per heavy atom. The van der Waals surface area contributed by atoms with Gasteiger partial charge in [-0.1, -0.05) is 19.1 Å². The van der Waals surface area contributed by atoms with Crippen LogP contribution in [-0.4, -0.2) is 37.6 Å². The maximum absolute atomic E-state index is 12.3. The highest BCUT2D eigenvalue weighted by molar-refractivity contribution is 5.94. The van der Waals surface area contributed by atoms with E-state index in [1.54, 1.807) is 13.3 Å². The lowest BCUT2D eigenvalue weighted by Crippen LogP contribution is -2.33. The van der Waals surface area contributed by atoms with Crippen molar-refractivity contribution >= 4 is 11.7 Å². The smallest absolute Gasteiger partial charge is 0.252 e. The summed E-state index contributed by atoms with van der Waals surface area (Å²) in [6.07, 6.45) is 4.84. The molecule has 0 unspecified atom stereocenters. The lowest BCUT2D eigenvalue weighted by atomic mass is 9.99. The molecule has 1 aliphatic heterocycles. The van der Waals surface area contributed by atoms with Gasteiger partial charge in [0.25, 0.3) is 5.91 Å². The van der Waals surface area contributed by atoms with Crippen LogP contribution in [0.4, 0.5) is 5.82 Å². The van der Waals surface area contributed by atoms with E-state index in [9.17, 15) is 4.79 Å². The van der Waals surface area contributed by atoms with E-state index in [2.05, 4.69) is 22.1 Å². The summed E-state index contributed by atoms with van der Waals surface area (Å²) in [7, 11) is 1.65. The number of rotatable bonds is 6. The summed E-state index contributed by atoms with van der Waals surface area (Å²) in [5, 5.41) is 2.96. The van der Waals surface area contributed by atoms with E-state index in [1.807, 2.05) is 36.4 Å². The lowest BCUT2D eigenvalue weighted by Gasteiger charge is -2.31. The first kappa shape index (κ1) is 18.2. The Morgan fingerprint density at radius 3 is 2.77 bits per heavy atom. The Bertz CT molecular complexity index is 722. The number of amides is 1. The van der Waals surface area contributed by atoms with Gasteiger partial charge in [-0.2, -0.15) is 0 Å². The number of hydrogen-bond donors (Lipinski definition) is 1. The standard InChI is InChI=1S/C21H27N3O2/c1-16-9-12-24(13-10-16)20-7-6-18(15-23-20)21(25)22-11-8-17-4-3-5-19(14-17)26-2/h3-7,14-16H,8-13H2,1-2H3,(H,22,25). The molecule has 1 fully saturated rings. The molecule has 0 bridgehead atoms. The molecule has 1 aromatic carbocycles. The molecule has 1 aromatic heterocycles. The normalized spacial score (nSPS) is 14.9. The van der Waals surface area contributed by atoms with Crippen molar-refractivity contribution < 1.29 is 9.53 Å². The summed E-state index contributed by atoms with van der Waals surface area (Å²) < 4.78 is 5.22. The Labute approximate surface area is 155 Å². The van der Waals surface area contributed by atoms with E-state index >= 15 is 0 Å². The fraction of sp³-hybridized carbons (Fsp3) is 0.429. The Morgan fingerprint density at radius 2 is 2.08 bits per heavy atom. The lowest BCUT2D eigenvalue weighted by molar-refractivity contribution is 0.0954. The van der Waals surface area contributed by atoms with Crippen molar-refractivity contribution in [3.63, 3.8) is 0 Å². The Balaban J connectivity index is 1.50. The van der Waals surface area contributed by atoms with Gasteiger partial charge < -0.3 is 15.0 Å². The molecule has 1 aliphatic rings. The van der Waals surface area contributed by atoms with Crippen LogP contribution in [0.25, 0.3) is 0 Å². The van der Waals surface area contributed by atoms with Crippen molar-refractivity contribution in [3.05, 3.63) is 53.7 Å². The van der Waals surface area contributed by atoms with Crippen LogP contribution in [0.5, 0.6) is 5.75 Å². The molecule has 2 heterocycles. The SMILES string of the molecule is COc1cccc(CCNC(=O)c2ccc(N3CCC(C)CC3)nc2)c1. The number of piperidine rings is 1. The molecule has 2 aromatic rings. The van der Waals surface area contributed by atoms with Crippen molar-refractivity contribution in [2.75, 3.05) is 31.6 Å².